The number of hydrogen-bond donors (Lipinski definition) is 2. The number of carbonyl (C=O) groups excluding carboxylic acids is 1. The Morgan fingerprint density at radius 2 is 1.73 bits per heavy atom. The van der Waals surface area contributed by atoms with Crippen LogP contribution in [-0.4, -0.2) is 11.1 Å². The van der Waals surface area contributed by atoms with Gasteiger partial charge in [0, 0.05) is 0 Å². The van der Waals surface area contributed by atoms with Gasteiger partial charge in [-0.3, -0.25) is 4.79 Å². The molecular weight excluding hydrogens is 282 g/mol. The van der Waals surface area contributed by atoms with Crippen LogP contribution in [0.2, 0.25) is 0 Å². The highest BCUT2D eigenvalue weighted by Crippen LogP contribution is 2.32. The molecule has 0 aliphatic carbocycles. The van der Waals surface area contributed by atoms with E-state index in [0.717, 1.165) is 28.0 Å². The molecule has 22 heavy (non-hydrogen) atoms. The molecule has 0 amide bonds. The number of benzene rings is 2. The third-order valence-corrected chi connectivity index (χ3v) is 3.39. The van der Waals surface area contributed by atoms with Gasteiger partial charge >= 0.3 is 5.97 Å². The van der Waals surface area contributed by atoms with Crippen LogP contribution in [0.25, 0.3) is 0 Å². The Labute approximate surface area is 129 Å². The normalized spacial score (nSPS) is 10.4. The van der Waals surface area contributed by atoms with E-state index < -0.39 is 5.97 Å². The molecule has 0 bridgehead atoms. The Morgan fingerprint density at radius 1 is 1.09 bits per heavy atom. The topological polar surface area (TPSA) is 81.8 Å². The number of aromatic hydroxyl groups is 1. The highest BCUT2D eigenvalue weighted by Gasteiger charge is 2.11. The van der Waals surface area contributed by atoms with E-state index in [0.29, 0.717) is 5.75 Å². The third kappa shape index (κ3) is 3.56. The maximum atomic E-state index is 11.2. The number of ether oxygens (including phenoxy) is 1. The van der Waals surface area contributed by atoms with Crippen LogP contribution in [-0.2, 0) is 16.1 Å². The number of phenolic OH excluding ortho intramolecular Hbond substituents is 1. The highest BCUT2D eigenvalue weighted by molar-refractivity contribution is 5.72. The van der Waals surface area contributed by atoms with E-state index in [1.165, 1.54) is 0 Å². The van der Waals surface area contributed by atoms with Crippen molar-refractivity contribution in [2.24, 2.45) is 5.90 Å². The molecule has 0 unspecified atom stereocenters. The summed E-state index contributed by atoms with van der Waals surface area (Å²) < 4.78 is 5.91. The molecule has 2 aromatic rings. The van der Waals surface area contributed by atoms with Gasteiger partial charge in [-0.2, -0.15) is 5.90 Å². The van der Waals surface area contributed by atoms with Crippen LogP contribution in [0.1, 0.15) is 22.3 Å². The predicted molar refractivity (Wildman–Crippen MR) is 82.8 cm³/mol. The summed E-state index contributed by atoms with van der Waals surface area (Å²) in [5.41, 5.74) is 3.38. The van der Waals surface area contributed by atoms with Gasteiger partial charge in [0.15, 0.2) is 0 Å². The molecule has 5 nitrogen and oxygen atoms in total. The van der Waals surface area contributed by atoms with Crippen LogP contribution in [0.3, 0.4) is 0 Å². The van der Waals surface area contributed by atoms with Gasteiger partial charge in [-0.1, -0.05) is 12.1 Å². The van der Waals surface area contributed by atoms with Gasteiger partial charge in [0.2, 0.25) is 0 Å². The molecular formula is C17H19NO4. The Balaban J connectivity index is 2.28. The molecule has 0 atom stereocenters. The molecule has 0 aromatic heterocycles. The van der Waals surface area contributed by atoms with Crippen LogP contribution in [0.5, 0.6) is 17.2 Å². The van der Waals surface area contributed by atoms with Gasteiger partial charge in [0.05, 0.1) is 6.42 Å². The van der Waals surface area contributed by atoms with Crippen molar-refractivity contribution in [3.8, 4) is 17.2 Å². The first-order chi connectivity index (χ1) is 10.4. The molecule has 0 spiro atoms. The first-order valence-electron chi connectivity index (χ1n) is 6.88. The molecule has 3 N–H and O–H groups in total. The van der Waals surface area contributed by atoms with Crippen LogP contribution in [0, 0.1) is 20.8 Å². The zero-order valence-corrected chi connectivity index (χ0v) is 12.8. The molecule has 2 rings (SSSR count). The van der Waals surface area contributed by atoms with Gasteiger partial charge in [0.25, 0.3) is 0 Å². The van der Waals surface area contributed by atoms with Crippen LogP contribution in [0.4, 0.5) is 0 Å². The zero-order chi connectivity index (χ0) is 16.3. The predicted octanol–water partition coefficient (Wildman–Crippen LogP) is 3.07. The summed E-state index contributed by atoms with van der Waals surface area (Å²) in [6.07, 6.45) is 0.122. The summed E-state index contributed by atoms with van der Waals surface area (Å²) in [6, 6.07) is 8.81. The van der Waals surface area contributed by atoms with E-state index in [1.54, 1.807) is 18.2 Å². The minimum atomic E-state index is -0.485. The second-order valence-electron chi connectivity index (χ2n) is 5.28. The molecule has 0 fully saturated rings. The SMILES string of the molecule is Cc1cc(Oc2c(C)cc(CC(=O)ON)cc2C)ccc1O. The average Bonchev–Trinajstić information content (AvgIpc) is 2.46. The summed E-state index contributed by atoms with van der Waals surface area (Å²) in [4.78, 5) is 15.4. The molecule has 0 radical (unpaired) electrons. The first-order valence-corrected chi connectivity index (χ1v) is 6.88. The number of carbonyl (C=O) groups is 1. The van der Waals surface area contributed by atoms with E-state index >= 15 is 0 Å². The first kappa shape index (κ1) is 15.9. The molecule has 0 aliphatic rings. The second-order valence-corrected chi connectivity index (χ2v) is 5.28. The second kappa shape index (κ2) is 6.49. The van der Waals surface area contributed by atoms with Gasteiger partial charge < -0.3 is 14.7 Å². The van der Waals surface area contributed by atoms with E-state index in [4.69, 9.17) is 10.6 Å². The summed E-state index contributed by atoms with van der Waals surface area (Å²) >= 11 is 0. The van der Waals surface area contributed by atoms with Gasteiger partial charge in [-0.05, 0) is 61.2 Å². The maximum absolute atomic E-state index is 11.2. The minimum absolute atomic E-state index is 0.122. The molecule has 0 saturated heterocycles. The highest BCUT2D eigenvalue weighted by atomic mass is 16.7. The smallest absolute Gasteiger partial charge is 0.328 e. The third-order valence-electron chi connectivity index (χ3n) is 3.39. The molecule has 2 aromatic carbocycles. The van der Waals surface area contributed by atoms with Gasteiger partial charge in [0.1, 0.15) is 17.2 Å². The Morgan fingerprint density at radius 3 is 2.27 bits per heavy atom. The van der Waals surface area contributed by atoms with Gasteiger partial charge in [-0.25, -0.2) is 0 Å². The number of aryl methyl sites for hydroxylation is 3. The molecule has 116 valence electrons. The summed E-state index contributed by atoms with van der Waals surface area (Å²) in [6.45, 7) is 5.63. The van der Waals surface area contributed by atoms with Crippen LogP contribution in [0.15, 0.2) is 30.3 Å². The summed E-state index contributed by atoms with van der Waals surface area (Å²) in [5, 5.41) is 9.55. The molecule has 0 saturated carbocycles. The van der Waals surface area contributed by atoms with Gasteiger partial charge in [-0.15, -0.1) is 0 Å². The van der Waals surface area contributed by atoms with Crippen molar-refractivity contribution < 1.29 is 19.5 Å². The van der Waals surface area contributed by atoms with Crippen molar-refractivity contribution in [3.05, 3.63) is 52.6 Å². The maximum Gasteiger partial charge on any atom is 0.328 e. The van der Waals surface area contributed by atoms with E-state index in [9.17, 15) is 9.90 Å². The van der Waals surface area contributed by atoms with Crippen molar-refractivity contribution in [3.63, 3.8) is 0 Å². The Kier molecular flexibility index (Phi) is 4.68. The standard InChI is InChI=1S/C17H19NO4/c1-10-8-14(4-5-15(10)19)21-17-11(2)6-13(7-12(17)3)9-16(20)22-18/h4-8,19H,9,18H2,1-3H3. The van der Waals surface area contributed by atoms with Crippen molar-refractivity contribution in [1.29, 1.82) is 0 Å². The van der Waals surface area contributed by atoms with Crippen LogP contribution >= 0.6 is 0 Å². The fourth-order valence-corrected chi connectivity index (χ4v) is 2.32. The summed E-state index contributed by atoms with van der Waals surface area (Å²) in [5.74, 6) is 5.99. The Bertz CT molecular complexity index is 687. The number of rotatable bonds is 4. The van der Waals surface area contributed by atoms with E-state index in [1.807, 2.05) is 32.9 Å². The van der Waals surface area contributed by atoms with Crippen LogP contribution < -0.4 is 10.6 Å². The average molecular weight is 301 g/mol. The Hall–Kier alpha value is -2.53. The van der Waals surface area contributed by atoms with Crippen molar-refractivity contribution in [2.75, 3.05) is 0 Å². The van der Waals surface area contributed by atoms with E-state index in [2.05, 4.69) is 4.84 Å². The lowest BCUT2D eigenvalue weighted by atomic mass is 10.0. The lowest BCUT2D eigenvalue weighted by Gasteiger charge is -2.14. The fourth-order valence-electron chi connectivity index (χ4n) is 2.32. The van der Waals surface area contributed by atoms with Crippen molar-refractivity contribution in [1.82, 2.24) is 0 Å². The lowest BCUT2D eigenvalue weighted by Crippen LogP contribution is -2.12. The van der Waals surface area contributed by atoms with Crippen molar-refractivity contribution in [2.45, 2.75) is 27.2 Å². The summed E-state index contributed by atoms with van der Waals surface area (Å²) in [7, 11) is 0. The number of nitrogens with two attached hydrogens (primary N) is 1. The zero-order valence-electron chi connectivity index (χ0n) is 12.8. The quantitative estimate of drug-likeness (QED) is 0.848. The monoisotopic (exact) mass is 301 g/mol. The molecule has 0 aliphatic heterocycles. The number of phenols is 1. The van der Waals surface area contributed by atoms with E-state index in [-0.39, 0.29) is 12.2 Å². The fraction of sp³-hybridized carbons (Fsp3) is 0.235. The molecule has 0 heterocycles. The number of hydrogen-bond acceptors (Lipinski definition) is 5. The largest absolute Gasteiger partial charge is 0.508 e. The van der Waals surface area contributed by atoms with Crippen molar-refractivity contribution >= 4 is 5.97 Å². The lowest BCUT2D eigenvalue weighted by molar-refractivity contribution is -0.143. The molecule has 5 heteroatoms. The minimum Gasteiger partial charge on any atom is -0.508 e.